The number of hydroxylamine groups is 1. The third-order valence-corrected chi connectivity index (χ3v) is 3.80. The van der Waals surface area contributed by atoms with Gasteiger partial charge in [-0.05, 0) is 37.8 Å². The first-order valence-corrected chi connectivity index (χ1v) is 7.78. The summed E-state index contributed by atoms with van der Waals surface area (Å²) in [5.41, 5.74) is 5.81. The quantitative estimate of drug-likeness (QED) is 0.542. The summed E-state index contributed by atoms with van der Waals surface area (Å²) in [6.07, 6.45) is 3.91. The second-order valence-electron chi connectivity index (χ2n) is 5.41. The maximum Gasteiger partial charge on any atom is 0.262 e. The van der Waals surface area contributed by atoms with Crippen LogP contribution >= 0.6 is 0 Å². The number of hydrogen-bond donors (Lipinski definition) is 3. The molecule has 0 fully saturated rings. The minimum Gasteiger partial charge on any atom is -0.360 e. The highest BCUT2D eigenvalue weighted by atomic mass is 16.5. The third kappa shape index (κ3) is 3.22. The SMILES string of the molecule is CCCCc1nc2c(CC)ccc(C)n2c1NCC(=O)NO. The van der Waals surface area contributed by atoms with Crippen molar-refractivity contribution in [2.24, 2.45) is 0 Å². The fourth-order valence-electron chi connectivity index (χ4n) is 2.57. The van der Waals surface area contributed by atoms with Gasteiger partial charge in [0.25, 0.3) is 5.91 Å². The Bertz CT molecular complexity index is 664. The first kappa shape index (κ1) is 16.3. The lowest BCUT2D eigenvalue weighted by atomic mass is 10.2. The van der Waals surface area contributed by atoms with Gasteiger partial charge in [0, 0.05) is 5.69 Å². The third-order valence-electron chi connectivity index (χ3n) is 3.80. The van der Waals surface area contributed by atoms with Crippen LogP contribution in [-0.4, -0.2) is 27.0 Å². The lowest BCUT2D eigenvalue weighted by molar-refractivity contribution is -0.127. The second-order valence-corrected chi connectivity index (χ2v) is 5.41. The molecule has 0 radical (unpaired) electrons. The van der Waals surface area contributed by atoms with Gasteiger partial charge in [-0.25, -0.2) is 10.5 Å². The summed E-state index contributed by atoms with van der Waals surface area (Å²) >= 11 is 0. The molecule has 2 aromatic heterocycles. The molecule has 0 aliphatic rings. The number of imidazole rings is 1. The molecular weight excluding hydrogens is 280 g/mol. The van der Waals surface area contributed by atoms with Gasteiger partial charge in [0.15, 0.2) is 0 Å². The van der Waals surface area contributed by atoms with E-state index in [2.05, 4.69) is 35.7 Å². The average molecular weight is 304 g/mol. The number of aryl methyl sites for hydroxylation is 3. The van der Waals surface area contributed by atoms with Crippen molar-refractivity contribution in [3.63, 3.8) is 0 Å². The van der Waals surface area contributed by atoms with E-state index in [1.165, 1.54) is 5.56 Å². The molecule has 6 heteroatoms. The number of unbranched alkanes of at least 4 members (excludes halogenated alkanes) is 1. The lowest BCUT2D eigenvalue weighted by Crippen LogP contribution is -2.27. The van der Waals surface area contributed by atoms with Crippen LogP contribution in [0.25, 0.3) is 5.65 Å². The number of anilines is 1. The largest absolute Gasteiger partial charge is 0.360 e. The van der Waals surface area contributed by atoms with E-state index >= 15 is 0 Å². The van der Waals surface area contributed by atoms with Crippen LogP contribution in [0.5, 0.6) is 0 Å². The fourth-order valence-corrected chi connectivity index (χ4v) is 2.57. The Kier molecular flexibility index (Phi) is 5.38. The molecule has 0 aromatic carbocycles. The van der Waals surface area contributed by atoms with Crippen molar-refractivity contribution in [3.8, 4) is 0 Å². The Morgan fingerprint density at radius 1 is 1.36 bits per heavy atom. The molecule has 1 amide bonds. The van der Waals surface area contributed by atoms with Crippen molar-refractivity contribution in [2.75, 3.05) is 11.9 Å². The van der Waals surface area contributed by atoms with Crippen LogP contribution in [0.2, 0.25) is 0 Å². The van der Waals surface area contributed by atoms with Gasteiger partial charge in [0.05, 0.1) is 12.2 Å². The van der Waals surface area contributed by atoms with Crippen LogP contribution in [0, 0.1) is 6.92 Å². The molecule has 3 N–H and O–H groups in total. The number of pyridine rings is 1. The maximum absolute atomic E-state index is 11.3. The highest BCUT2D eigenvalue weighted by Gasteiger charge is 2.16. The molecule has 0 aliphatic heterocycles. The van der Waals surface area contributed by atoms with Crippen LogP contribution in [-0.2, 0) is 17.6 Å². The Morgan fingerprint density at radius 3 is 2.77 bits per heavy atom. The van der Waals surface area contributed by atoms with E-state index in [-0.39, 0.29) is 6.54 Å². The summed E-state index contributed by atoms with van der Waals surface area (Å²) in [6, 6.07) is 4.17. The lowest BCUT2D eigenvalue weighted by Gasteiger charge is -2.10. The molecule has 0 unspecified atom stereocenters. The van der Waals surface area contributed by atoms with Crippen LogP contribution in [0.3, 0.4) is 0 Å². The van der Waals surface area contributed by atoms with Crippen molar-refractivity contribution in [3.05, 3.63) is 29.1 Å². The number of hydrogen-bond acceptors (Lipinski definition) is 4. The number of rotatable bonds is 7. The highest BCUT2D eigenvalue weighted by Crippen LogP contribution is 2.24. The van der Waals surface area contributed by atoms with Gasteiger partial charge in [-0.15, -0.1) is 0 Å². The summed E-state index contributed by atoms with van der Waals surface area (Å²) in [4.78, 5) is 16.1. The number of nitrogens with zero attached hydrogens (tertiary/aromatic N) is 2. The van der Waals surface area contributed by atoms with Crippen molar-refractivity contribution < 1.29 is 10.0 Å². The zero-order valence-corrected chi connectivity index (χ0v) is 13.4. The van der Waals surface area contributed by atoms with Crippen molar-refractivity contribution in [2.45, 2.75) is 46.5 Å². The zero-order chi connectivity index (χ0) is 16.1. The molecule has 0 aliphatic carbocycles. The molecule has 0 atom stereocenters. The van der Waals surface area contributed by atoms with E-state index in [0.29, 0.717) is 0 Å². The van der Waals surface area contributed by atoms with Gasteiger partial charge in [0.2, 0.25) is 0 Å². The number of carbonyl (C=O) groups excluding carboxylic acids is 1. The van der Waals surface area contributed by atoms with E-state index in [1.807, 2.05) is 6.92 Å². The van der Waals surface area contributed by atoms with Crippen LogP contribution in [0.4, 0.5) is 5.82 Å². The van der Waals surface area contributed by atoms with Crippen molar-refractivity contribution in [1.82, 2.24) is 14.9 Å². The predicted octanol–water partition coefficient (Wildman–Crippen LogP) is 2.47. The molecule has 22 heavy (non-hydrogen) atoms. The normalized spacial score (nSPS) is 10.9. The zero-order valence-electron chi connectivity index (χ0n) is 13.4. The maximum atomic E-state index is 11.3. The summed E-state index contributed by atoms with van der Waals surface area (Å²) in [5.74, 6) is 0.376. The van der Waals surface area contributed by atoms with Crippen molar-refractivity contribution >= 4 is 17.4 Å². The summed E-state index contributed by atoms with van der Waals surface area (Å²) in [6.45, 7) is 6.29. The van der Waals surface area contributed by atoms with Crippen LogP contribution < -0.4 is 10.8 Å². The fraction of sp³-hybridized carbons (Fsp3) is 0.500. The average Bonchev–Trinajstić information content (AvgIpc) is 2.90. The molecule has 2 rings (SSSR count). The standard InChI is InChI=1S/C16H24N4O2/c1-4-6-7-13-16(17-10-14(21)19-22)20-11(3)8-9-12(5-2)15(20)18-13/h8-9,17,22H,4-7,10H2,1-3H3,(H,19,21). The molecular formula is C16H24N4O2. The molecule has 2 aromatic rings. The first-order valence-electron chi connectivity index (χ1n) is 7.78. The molecule has 0 saturated carbocycles. The number of aromatic nitrogens is 2. The van der Waals surface area contributed by atoms with E-state index < -0.39 is 5.91 Å². The Labute approximate surface area is 130 Å². The monoisotopic (exact) mass is 304 g/mol. The van der Waals surface area contributed by atoms with E-state index in [9.17, 15) is 4.79 Å². The topological polar surface area (TPSA) is 78.7 Å². The minimum absolute atomic E-state index is 0.0131. The summed E-state index contributed by atoms with van der Waals surface area (Å²) in [5, 5.41) is 11.8. The predicted molar refractivity (Wildman–Crippen MR) is 86.3 cm³/mol. The van der Waals surface area contributed by atoms with Gasteiger partial charge in [-0.1, -0.05) is 26.3 Å². The second kappa shape index (κ2) is 7.26. The molecule has 120 valence electrons. The summed E-state index contributed by atoms with van der Waals surface area (Å²) < 4.78 is 2.06. The Hall–Kier alpha value is -2.08. The van der Waals surface area contributed by atoms with Gasteiger partial charge in [0.1, 0.15) is 11.5 Å². The van der Waals surface area contributed by atoms with Crippen LogP contribution in [0.1, 0.15) is 43.6 Å². The van der Waals surface area contributed by atoms with Gasteiger partial charge < -0.3 is 5.32 Å². The minimum atomic E-state index is -0.472. The van der Waals surface area contributed by atoms with Crippen molar-refractivity contribution in [1.29, 1.82) is 0 Å². The summed E-state index contributed by atoms with van der Waals surface area (Å²) in [7, 11) is 0. The molecule has 0 bridgehead atoms. The smallest absolute Gasteiger partial charge is 0.262 e. The molecule has 0 saturated heterocycles. The molecule has 6 nitrogen and oxygen atoms in total. The molecule has 2 heterocycles. The van der Waals surface area contributed by atoms with Gasteiger partial charge >= 0.3 is 0 Å². The van der Waals surface area contributed by atoms with E-state index in [0.717, 1.165) is 48.5 Å². The number of carbonyl (C=O) groups is 1. The first-order chi connectivity index (χ1) is 10.6. The van der Waals surface area contributed by atoms with E-state index in [1.54, 1.807) is 5.48 Å². The van der Waals surface area contributed by atoms with Crippen LogP contribution in [0.15, 0.2) is 12.1 Å². The van der Waals surface area contributed by atoms with Gasteiger partial charge in [-0.3, -0.25) is 14.4 Å². The number of fused-ring (bicyclic) bond motifs is 1. The van der Waals surface area contributed by atoms with Gasteiger partial charge in [-0.2, -0.15) is 0 Å². The number of amides is 1. The Balaban J connectivity index is 2.49. The highest BCUT2D eigenvalue weighted by molar-refractivity contribution is 5.79. The number of nitrogens with one attached hydrogen (secondary N) is 2. The molecule has 0 spiro atoms. The van der Waals surface area contributed by atoms with E-state index in [4.69, 9.17) is 10.2 Å². The Morgan fingerprint density at radius 2 is 2.14 bits per heavy atom.